The van der Waals surface area contributed by atoms with E-state index in [1.165, 1.54) is 12.1 Å². The van der Waals surface area contributed by atoms with E-state index in [0.29, 0.717) is 17.7 Å². The SMILES string of the molecule is CC(C)(C)CC1C[C@H](O)c2cc(F)ccc2O1. The highest BCUT2D eigenvalue weighted by molar-refractivity contribution is 5.37. The Morgan fingerprint density at radius 2 is 2.12 bits per heavy atom. The summed E-state index contributed by atoms with van der Waals surface area (Å²) < 4.78 is 18.9. The molecular weight excluding hydrogens is 219 g/mol. The molecule has 0 aliphatic carbocycles. The van der Waals surface area contributed by atoms with E-state index in [1.807, 2.05) is 0 Å². The maximum Gasteiger partial charge on any atom is 0.125 e. The van der Waals surface area contributed by atoms with Gasteiger partial charge in [-0.3, -0.25) is 0 Å². The van der Waals surface area contributed by atoms with Crippen molar-refractivity contribution in [2.75, 3.05) is 0 Å². The molecular formula is C14H19FO2. The summed E-state index contributed by atoms with van der Waals surface area (Å²) in [6.45, 7) is 6.43. The zero-order chi connectivity index (χ0) is 12.6. The molecule has 2 atom stereocenters. The number of rotatable bonds is 1. The third-order valence-electron chi connectivity index (χ3n) is 2.95. The average molecular weight is 238 g/mol. The van der Waals surface area contributed by atoms with E-state index in [4.69, 9.17) is 4.74 Å². The monoisotopic (exact) mass is 238 g/mol. The fourth-order valence-corrected chi connectivity index (χ4v) is 2.30. The zero-order valence-corrected chi connectivity index (χ0v) is 10.5. The summed E-state index contributed by atoms with van der Waals surface area (Å²) in [5.74, 6) is 0.278. The summed E-state index contributed by atoms with van der Waals surface area (Å²) >= 11 is 0. The zero-order valence-electron chi connectivity index (χ0n) is 10.5. The first-order valence-corrected chi connectivity index (χ1v) is 5.99. The minimum atomic E-state index is -0.623. The molecule has 17 heavy (non-hydrogen) atoms. The number of hydrogen-bond donors (Lipinski definition) is 1. The Balaban J connectivity index is 2.19. The fourth-order valence-electron chi connectivity index (χ4n) is 2.30. The van der Waals surface area contributed by atoms with Crippen LogP contribution in [0.1, 0.15) is 45.3 Å². The Morgan fingerprint density at radius 3 is 2.76 bits per heavy atom. The van der Waals surface area contributed by atoms with Crippen molar-refractivity contribution < 1.29 is 14.2 Å². The highest BCUT2D eigenvalue weighted by atomic mass is 19.1. The largest absolute Gasteiger partial charge is 0.490 e. The van der Waals surface area contributed by atoms with E-state index in [2.05, 4.69) is 20.8 Å². The van der Waals surface area contributed by atoms with Crippen LogP contribution in [0, 0.1) is 11.2 Å². The molecule has 1 heterocycles. The molecule has 3 heteroatoms. The van der Waals surface area contributed by atoms with Crippen molar-refractivity contribution in [1.29, 1.82) is 0 Å². The van der Waals surface area contributed by atoms with Gasteiger partial charge in [-0.1, -0.05) is 20.8 Å². The third kappa shape index (κ3) is 2.97. The molecule has 1 aromatic carbocycles. The van der Waals surface area contributed by atoms with Gasteiger partial charge >= 0.3 is 0 Å². The molecule has 1 aliphatic rings. The van der Waals surface area contributed by atoms with E-state index in [-0.39, 0.29) is 17.3 Å². The summed E-state index contributed by atoms with van der Waals surface area (Å²) in [4.78, 5) is 0. The van der Waals surface area contributed by atoms with Crippen LogP contribution in [0.15, 0.2) is 18.2 Å². The number of halogens is 1. The van der Waals surface area contributed by atoms with E-state index in [9.17, 15) is 9.50 Å². The number of aliphatic hydroxyl groups is 1. The lowest BCUT2D eigenvalue weighted by Crippen LogP contribution is -2.29. The van der Waals surface area contributed by atoms with Crippen molar-refractivity contribution in [2.24, 2.45) is 5.41 Å². The Bertz CT molecular complexity index is 409. The number of hydrogen-bond acceptors (Lipinski definition) is 2. The molecule has 0 aromatic heterocycles. The molecule has 0 amide bonds. The van der Waals surface area contributed by atoms with Crippen LogP contribution in [0.5, 0.6) is 5.75 Å². The van der Waals surface area contributed by atoms with Gasteiger partial charge in [-0.05, 0) is 30.0 Å². The summed E-state index contributed by atoms with van der Waals surface area (Å²) in [6, 6.07) is 4.32. The van der Waals surface area contributed by atoms with Gasteiger partial charge in [0.15, 0.2) is 0 Å². The van der Waals surface area contributed by atoms with Gasteiger partial charge in [0, 0.05) is 12.0 Å². The van der Waals surface area contributed by atoms with Crippen LogP contribution < -0.4 is 4.74 Å². The second kappa shape index (κ2) is 4.30. The Kier molecular flexibility index (Phi) is 3.13. The smallest absolute Gasteiger partial charge is 0.125 e. The quantitative estimate of drug-likeness (QED) is 0.812. The molecule has 2 rings (SSSR count). The van der Waals surface area contributed by atoms with Crippen LogP contribution in [0.25, 0.3) is 0 Å². The predicted molar refractivity (Wildman–Crippen MR) is 64.5 cm³/mol. The van der Waals surface area contributed by atoms with Crippen molar-refractivity contribution in [2.45, 2.75) is 45.8 Å². The number of ether oxygens (including phenoxy) is 1. The molecule has 1 unspecified atom stereocenters. The summed E-state index contributed by atoms with van der Waals surface area (Å²) in [5.41, 5.74) is 0.720. The Hall–Kier alpha value is -1.09. The van der Waals surface area contributed by atoms with E-state index < -0.39 is 6.10 Å². The van der Waals surface area contributed by atoms with Crippen molar-refractivity contribution in [3.63, 3.8) is 0 Å². The first kappa shape index (κ1) is 12.4. The van der Waals surface area contributed by atoms with E-state index in [1.54, 1.807) is 6.07 Å². The maximum absolute atomic E-state index is 13.1. The molecule has 0 saturated heterocycles. The summed E-state index contributed by atoms with van der Waals surface area (Å²) in [7, 11) is 0. The highest BCUT2D eigenvalue weighted by Gasteiger charge is 2.30. The highest BCUT2D eigenvalue weighted by Crippen LogP contribution is 2.38. The lowest BCUT2D eigenvalue weighted by Gasteiger charge is -2.33. The minimum absolute atomic E-state index is 0.00274. The van der Waals surface area contributed by atoms with Crippen LogP contribution in [-0.2, 0) is 0 Å². The molecule has 0 radical (unpaired) electrons. The molecule has 1 aromatic rings. The molecule has 0 fully saturated rings. The maximum atomic E-state index is 13.1. The van der Waals surface area contributed by atoms with Crippen molar-refractivity contribution >= 4 is 0 Å². The first-order valence-electron chi connectivity index (χ1n) is 5.99. The predicted octanol–water partition coefficient (Wildman–Crippen LogP) is 3.45. The summed E-state index contributed by atoms with van der Waals surface area (Å²) in [6.07, 6.45) is 0.791. The second-order valence-corrected chi connectivity index (χ2v) is 5.94. The minimum Gasteiger partial charge on any atom is -0.490 e. The molecule has 0 saturated carbocycles. The molecule has 1 aliphatic heterocycles. The van der Waals surface area contributed by atoms with Crippen LogP contribution in [0.2, 0.25) is 0 Å². The molecule has 0 spiro atoms. The van der Waals surface area contributed by atoms with Crippen LogP contribution in [-0.4, -0.2) is 11.2 Å². The molecule has 2 nitrogen and oxygen atoms in total. The fraction of sp³-hybridized carbons (Fsp3) is 0.571. The topological polar surface area (TPSA) is 29.5 Å². The number of aliphatic hydroxyl groups excluding tert-OH is 1. The normalized spacial score (nSPS) is 24.1. The van der Waals surface area contributed by atoms with Gasteiger partial charge in [0.05, 0.1) is 6.10 Å². The van der Waals surface area contributed by atoms with Crippen molar-refractivity contribution in [1.82, 2.24) is 0 Å². The van der Waals surface area contributed by atoms with Crippen LogP contribution in [0.4, 0.5) is 4.39 Å². The van der Waals surface area contributed by atoms with Crippen LogP contribution >= 0.6 is 0 Å². The first-order chi connectivity index (χ1) is 7.85. The van der Waals surface area contributed by atoms with Crippen molar-refractivity contribution in [3.8, 4) is 5.75 Å². The van der Waals surface area contributed by atoms with Gasteiger partial charge in [0.2, 0.25) is 0 Å². The number of benzene rings is 1. The average Bonchev–Trinajstić information content (AvgIpc) is 2.17. The van der Waals surface area contributed by atoms with E-state index >= 15 is 0 Å². The van der Waals surface area contributed by atoms with E-state index in [0.717, 1.165) is 6.42 Å². The molecule has 0 bridgehead atoms. The van der Waals surface area contributed by atoms with Crippen molar-refractivity contribution in [3.05, 3.63) is 29.6 Å². The molecule has 94 valence electrons. The van der Waals surface area contributed by atoms with Gasteiger partial charge in [-0.25, -0.2) is 4.39 Å². The lowest BCUT2D eigenvalue weighted by molar-refractivity contribution is 0.0444. The van der Waals surface area contributed by atoms with Gasteiger partial charge < -0.3 is 9.84 Å². The van der Waals surface area contributed by atoms with Gasteiger partial charge in [0.1, 0.15) is 17.7 Å². The van der Waals surface area contributed by atoms with Gasteiger partial charge in [0.25, 0.3) is 0 Å². The molecule has 1 N–H and O–H groups in total. The third-order valence-corrected chi connectivity index (χ3v) is 2.95. The van der Waals surface area contributed by atoms with Gasteiger partial charge in [-0.2, -0.15) is 0 Å². The Morgan fingerprint density at radius 1 is 1.41 bits per heavy atom. The summed E-state index contributed by atoms with van der Waals surface area (Å²) in [5, 5.41) is 10.0. The second-order valence-electron chi connectivity index (χ2n) is 5.94. The van der Waals surface area contributed by atoms with Gasteiger partial charge in [-0.15, -0.1) is 0 Å². The van der Waals surface area contributed by atoms with Crippen LogP contribution in [0.3, 0.4) is 0 Å². The number of fused-ring (bicyclic) bond motifs is 1. The lowest BCUT2D eigenvalue weighted by atomic mass is 9.85. The Labute approximate surface area is 101 Å². The standard InChI is InChI=1S/C14H19FO2/c1-14(2,3)8-10-7-12(16)11-6-9(15)4-5-13(11)17-10/h4-6,10,12,16H,7-8H2,1-3H3/t10?,12-/m0/s1.